The normalized spacial score (nSPS) is 15.9. The number of carbonyl (C=O) groups is 6. The first-order valence-electron chi connectivity index (χ1n) is 21.4. The largest absolute Gasteiger partial charge is 0.478 e. The molecule has 366 valence electrons. The monoisotopic (exact) mass is 977 g/mol. The van der Waals surface area contributed by atoms with Crippen molar-refractivity contribution in [3.05, 3.63) is 127 Å². The average molecular weight is 978 g/mol. The Morgan fingerprint density at radius 1 is 0.700 bits per heavy atom. The summed E-state index contributed by atoms with van der Waals surface area (Å²) in [6, 6.07) is 25.7. The van der Waals surface area contributed by atoms with Crippen molar-refractivity contribution in [2.75, 3.05) is 39.0 Å². The molecule has 5 aromatic rings. The maximum Gasteiger partial charge on any atom is 0.328 e. The summed E-state index contributed by atoms with van der Waals surface area (Å²) < 4.78 is 8.72. The topological polar surface area (TPSA) is 320 Å². The van der Waals surface area contributed by atoms with Gasteiger partial charge in [0.05, 0.1) is 5.56 Å². The third-order valence-corrected chi connectivity index (χ3v) is 11.7. The number of hydrogen-bond donors (Lipinski definition) is 7. The Kier molecular flexibility index (Phi) is 20.8. The number of benzene rings is 3. The van der Waals surface area contributed by atoms with Gasteiger partial charge in [-0.25, -0.2) is 38.7 Å². The van der Waals surface area contributed by atoms with Crippen LogP contribution in [0.1, 0.15) is 42.9 Å². The Morgan fingerprint density at radius 2 is 1.20 bits per heavy atom. The average Bonchev–Trinajstić information content (AvgIpc) is 3.70. The van der Waals surface area contributed by atoms with E-state index in [1.165, 1.54) is 18.4 Å². The molecule has 1 aliphatic carbocycles. The van der Waals surface area contributed by atoms with Crippen LogP contribution in [-0.2, 0) is 28.8 Å². The Balaban J connectivity index is 0.000000366. The molecule has 2 aromatic heterocycles. The van der Waals surface area contributed by atoms with Gasteiger partial charge in [0, 0.05) is 96.3 Å². The molecular formula is C49H51N7O13S. The molecule has 3 aromatic carbocycles. The van der Waals surface area contributed by atoms with Crippen molar-refractivity contribution in [1.82, 2.24) is 24.3 Å². The van der Waals surface area contributed by atoms with Gasteiger partial charge in [-0.15, -0.1) is 0 Å². The third kappa shape index (κ3) is 17.4. The number of carboxylic acid groups (broad SMARTS) is 6. The van der Waals surface area contributed by atoms with Crippen LogP contribution in [0.25, 0.3) is 22.2 Å². The van der Waals surface area contributed by atoms with Gasteiger partial charge in [-0.3, -0.25) is 4.90 Å². The summed E-state index contributed by atoms with van der Waals surface area (Å²) in [5.74, 6) is -5.77. The molecule has 2 aliphatic rings. The maximum absolute atomic E-state index is 10.1. The smallest absolute Gasteiger partial charge is 0.328 e. The first-order chi connectivity index (χ1) is 33.3. The molecule has 0 unspecified atom stereocenters. The second-order valence-corrected chi connectivity index (χ2v) is 16.6. The number of carboxylic acids is 6. The van der Waals surface area contributed by atoms with Crippen molar-refractivity contribution in [1.29, 1.82) is 5.26 Å². The number of nitrogens with two attached hydrogens (primary N) is 1. The van der Waals surface area contributed by atoms with E-state index in [1.54, 1.807) is 18.1 Å². The Labute approximate surface area is 405 Å². The number of likely N-dealkylation sites (N-methyl/N-ethyl adjacent to an activating group) is 1. The van der Waals surface area contributed by atoms with Gasteiger partial charge in [-0.1, -0.05) is 53.7 Å². The van der Waals surface area contributed by atoms with Crippen molar-refractivity contribution < 1.29 is 64.1 Å². The van der Waals surface area contributed by atoms with E-state index < -0.39 is 35.8 Å². The van der Waals surface area contributed by atoms with E-state index in [2.05, 4.69) is 74.8 Å². The molecule has 0 radical (unpaired) electrons. The molecule has 2 fully saturated rings. The van der Waals surface area contributed by atoms with Crippen LogP contribution in [0.3, 0.4) is 0 Å². The van der Waals surface area contributed by atoms with Crippen molar-refractivity contribution in [3.8, 4) is 28.7 Å². The minimum Gasteiger partial charge on any atom is -0.478 e. The predicted molar refractivity (Wildman–Crippen MR) is 258 cm³/mol. The van der Waals surface area contributed by atoms with E-state index >= 15 is 0 Å². The van der Waals surface area contributed by atoms with E-state index in [0.29, 0.717) is 71.4 Å². The molecule has 0 bridgehead atoms. The van der Waals surface area contributed by atoms with Crippen molar-refractivity contribution in [3.63, 3.8) is 0 Å². The molecule has 7 rings (SSSR count). The molecule has 1 saturated heterocycles. The number of nitriles is 1. The number of nitrogens with zero attached hydrogens (tertiary/aromatic N) is 6. The Bertz CT molecular complexity index is 2640. The highest BCUT2D eigenvalue weighted by Gasteiger charge is 2.30. The molecule has 0 spiro atoms. The van der Waals surface area contributed by atoms with Gasteiger partial charge in [0.1, 0.15) is 35.0 Å². The summed E-state index contributed by atoms with van der Waals surface area (Å²) in [6.07, 6.45) is 11.5. The highest BCUT2D eigenvalue weighted by Crippen LogP contribution is 2.41. The highest BCUT2D eigenvalue weighted by molar-refractivity contribution is 7.99. The molecule has 0 atom stereocenters. The number of aryl methyl sites for hydroxylation is 1. The molecule has 3 heterocycles. The summed E-state index contributed by atoms with van der Waals surface area (Å²) in [7, 11) is 2.21. The fraction of sp³-hybridized carbons (Fsp3) is 0.245. The first kappa shape index (κ1) is 54.3. The van der Waals surface area contributed by atoms with Crippen LogP contribution < -0.4 is 10.5 Å². The Hall–Kier alpha value is -8.32. The van der Waals surface area contributed by atoms with Crippen LogP contribution in [0.5, 0.6) is 11.5 Å². The number of piperazine rings is 1. The van der Waals surface area contributed by atoms with E-state index in [0.717, 1.165) is 71.0 Å². The van der Waals surface area contributed by atoms with Crippen molar-refractivity contribution >= 4 is 64.4 Å². The molecule has 1 saturated carbocycles. The number of rotatable bonds is 13. The Morgan fingerprint density at radius 3 is 1.69 bits per heavy atom. The van der Waals surface area contributed by atoms with E-state index in [-0.39, 0.29) is 0 Å². The lowest BCUT2D eigenvalue weighted by Crippen LogP contribution is -2.49. The number of aliphatic carboxylic acids is 6. The lowest BCUT2D eigenvalue weighted by Gasteiger charge is -2.41. The van der Waals surface area contributed by atoms with Crippen LogP contribution in [-0.4, -0.2) is 130 Å². The highest BCUT2D eigenvalue weighted by atomic mass is 32.2. The van der Waals surface area contributed by atoms with E-state index in [4.69, 9.17) is 41.1 Å². The summed E-state index contributed by atoms with van der Waals surface area (Å²) in [5, 5.41) is 57.8. The molecule has 1 aliphatic heterocycles. The lowest BCUT2D eigenvalue weighted by atomic mass is 9.89. The second kappa shape index (κ2) is 26.9. The zero-order valence-corrected chi connectivity index (χ0v) is 38.8. The number of ether oxygens (including phenoxy) is 1. The van der Waals surface area contributed by atoms with Gasteiger partial charge < -0.3 is 50.6 Å². The van der Waals surface area contributed by atoms with Crippen LogP contribution in [0.2, 0.25) is 0 Å². The molecule has 20 nitrogen and oxygen atoms in total. The minimum absolute atomic E-state index is 0.342. The van der Waals surface area contributed by atoms with Gasteiger partial charge in [0.25, 0.3) is 0 Å². The van der Waals surface area contributed by atoms with Crippen molar-refractivity contribution in [2.45, 2.75) is 54.5 Å². The number of hydrogen-bond acceptors (Lipinski definition) is 14. The molecule has 8 N–H and O–H groups in total. The fourth-order valence-corrected chi connectivity index (χ4v) is 8.21. The van der Waals surface area contributed by atoms with E-state index in [1.807, 2.05) is 42.5 Å². The van der Waals surface area contributed by atoms with Crippen LogP contribution in [0, 0.1) is 18.3 Å². The quantitative estimate of drug-likeness (QED) is 0.0606. The lowest BCUT2D eigenvalue weighted by molar-refractivity contribution is -0.134. The van der Waals surface area contributed by atoms with Gasteiger partial charge in [0.2, 0.25) is 0 Å². The van der Waals surface area contributed by atoms with Gasteiger partial charge >= 0.3 is 35.8 Å². The molecule has 21 heteroatoms. The summed E-state index contributed by atoms with van der Waals surface area (Å²) in [6.45, 7) is 6.70. The maximum atomic E-state index is 10.1. The van der Waals surface area contributed by atoms with Crippen LogP contribution in [0.4, 0.5) is 5.82 Å². The zero-order chi connectivity index (χ0) is 51.3. The minimum atomic E-state index is -1.26. The van der Waals surface area contributed by atoms with E-state index in [9.17, 15) is 34.0 Å². The fourth-order valence-electron chi connectivity index (χ4n) is 7.28. The van der Waals surface area contributed by atoms with Gasteiger partial charge in [0.15, 0.2) is 5.75 Å². The second-order valence-electron chi connectivity index (χ2n) is 15.5. The summed E-state index contributed by atoms with van der Waals surface area (Å²) in [5.41, 5.74) is 11.0. The first-order valence-corrected chi connectivity index (χ1v) is 22.2. The zero-order valence-electron chi connectivity index (χ0n) is 38.0. The summed E-state index contributed by atoms with van der Waals surface area (Å²) in [4.78, 5) is 73.4. The van der Waals surface area contributed by atoms with Gasteiger partial charge in [-0.2, -0.15) is 5.26 Å². The molecule has 0 amide bonds. The number of aromatic nitrogens is 3. The number of nitrogen functional groups attached to an aromatic ring is 1. The standard InChI is InChI=1S/C37H39N7OS.3C4H4O4/c1-25-6-16-30(17-7-25)46-34-5-3-4-31(32(34)22-38)26-8-14-29(15-9-26)45-33-23-44(37-35(33)36(39)40-24-41-37)28-12-10-27(11-13-28)43-20-18-42(2)19-21-43;3*5-3(6)1-2-4(7)8/h3-9,14-17,23-24,27-28H,10-13,18-21H2,1-2H3,(H2,39,40,41);3*1-2H,(H,5,6)(H,7,8)/b;3*2-1-. The third-order valence-electron chi connectivity index (χ3n) is 10.6. The summed E-state index contributed by atoms with van der Waals surface area (Å²) >= 11 is 1.61. The van der Waals surface area contributed by atoms with Crippen LogP contribution in [0.15, 0.2) is 126 Å². The molecular weight excluding hydrogens is 927 g/mol. The van der Waals surface area contributed by atoms with Crippen molar-refractivity contribution in [2.24, 2.45) is 0 Å². The molecule has 70 heavy (non-hydrogen) atoms. The number of fused-ring (bicyclic) bond motifs is 1. The number of anilines is 1. The SMILES string of the molecule is Cc1ccc(Sc2cccc(-c3ccc(Oc4cn(C5CCC(N6CCN(C)CC6)CC5)c5ncnc(N)c45)cc3)c2C#N)cc1.O=C(O)/C=C\C(=O)O.O=C(O)/C=C\C(=O)O.O=C(O)/C=C\C(=O)O. The predicted octanol–water partition coefficient (Wildman–Crippen LogP) is 6.67. The van der Waals surface area contributed by atoms with Gasteiger partial charge in [-0.05, 0) is 75.5 Å². The van der Waals surface area contributed by atoms with Crippen LogP contribution >= 0.6 is 11.8 Å².